The van der Waals surface area contributed by atoms with Gasteiger partial charge in [-0.3, -0.25) is 0 Å². The molecule has 0 aromatic carbocycles. The van der Waals surface area contributed by atoms with Gasteiger partial charge in [-0.1, -0.05) is 11.3 Å². The molecule has 0 aliphatic carbocycles. The topological polar surface area (TPSA) is 45.6 Å². The third-order valence-electron chi connectivity index (χ3n) is 2.72. The molecule has 0 unspecified atom stereocenters. The molecule has 1 saturated heterocycles. The molecule has 90 valence electrons. The van der Waals surface area contributed by atoms with Crippen LogP contribution in [0.5, 0.6) is 0 Å². The van der Waals surface area contributed by atoms with Crippen molar-refractivity contribution in [3.63, 3.8) is 0 Å². The highest BCUT2D eigenvalue weighted by atomic mass is 32.1. The lowest BCUT2D eigenvalue weighted by molar-refractivity contribution is -0.0277. The van der Waals surface area contributed by atoms with Gasteiger partial charge in [-0.05, 0) is 20.8 Å². The molecule has 0 bridgehead atoms. The third-order valence-corrected chi connectivity index (χ3v) is 3.92. The van der Waals surface area contributed by atoms with Crippen LogP contribution in [0.2, 0.25) is 0 Å². The molecule has 0 spiro atoms. The predicted molar refractivity (Wildman–Crippen MR) is 65.0 cm³/mol. The Morgan fingerprint density at radius 2 is 2.31 bits per heavy atom. The van der Waals surface area contributed by atoms with E-state index in [9.17, 15) is 0 Å². The van der Waals surface area contributed by atoms with Gasteiger partial charge in [-0.25, -0.2) is 4.98 Å². The SMILES string of the molecule is Cc1nc(N2CCOC(C)(C)C2)sc1CO. The lowest BCUT2D eigenvalue weighted by Gasteiger charge is -2.38. The molecule has 0 radical (unpaired) electrons. The average molecular weight is 242 g/mol. The summed E-state index contributed by atoms with van der Waals surface area (Å²) in [5.41, 5.74) is 0.823. The summed E-state index contributed by atoms with van der Waals surface area (Å²) in [6.45, 7) is 8.67. The first-order chi connectivity index (χ1) is 7.52. The Hall–Kier alpha value is -0.650. The maximum absolute atomic E-state index is 9.16. The number of aromatic nitrogens is 1. The minimum Gasteiger partial charge on any atom is -0.391 e. The van der Waals surface area contributed by atoms with E-state index in [-0.39, 0.29) is 12.2 Å². The Kier molecular flexibility index (Phi) is 3.19. The Morgan fingerprint density at radius 1 is 1.56 bits per heavy atom. The van der Waals surface area contributed by atoms with Crippen molar-refractivity contribution in [3.05, 3.63) is 10.6 Å². The fourth-order valence-corrected chi connectivity index (χ4v) is 2.82. The molecular weight excluding hydrogens is 224 g/mol. The summed E-state index contributed by atoms with van der Waals surface area (Å²) in [5.74, 6) is 0. The maximum Gasteiger partial charge on any atom is 0.186 e. The van der Waals surface area contributed by atoms with Crippen molar-refractivity contribution in [1.82, 2.24) is 4.98 Å². The minimum absolute atomic E-state index is 0.0806. The largest absolute Gasteiger partial charge is 0.391 e. The van der Waals surface area contributed by atoms with E-state index in [4.69, 9.17) is 9.84 Å². The zero-order chi connectivity index (χ0) is 11.8. The molecule has 1 aromatic heterocycles. The quantitative estimate of drug-likeness (QED) is 0.855. The van der Waals surface area contributed by atoms with E-state index in [0.717, 1.165) is 35.4 Å². The van der Waals surface area contributed by atoms with Crippen LogP contribution < -0.4 is 4.90 Å². The number of aliphatic hydroxyl groups excluding tert-OH is 1. The van der Waals surface area contributed by atoms with Gasteiger partial charge in [-0.2, -0.15) is 0 Å². The second-order valence-corrected chi connectivity index (χ2v) is 5.75. The number of rotatable bonds is 2. The van der Waals surface area contributed by atoms with Gasteiger partial charge in [0.1, 0.15) is 0 Å². The number of morpholine rings is 1. The number of aryl methyl sites for hydroxylation is 1. The van der Waals surface area contributed by atoms with E-state index < -0.39 is 0 Å². The van der Waals surface area contributed by atoms with E-state index in [2.05, 4.69) is 23.7 Å². The van der Waals surface area contributed by atoms with Gasteiger partial charge in [0, 0.05) is 13.1 Å². The van der Waals surface area contributed by atoms with Crippen LogP contribution in [0.4, 0.5) is 5.13 Å². The van der Waals surface area contributed by atoms with Crippen LogP contribution in [0.1, 0.15) is 24.4 Å². The number of hydrogen-bond acceptors (Lipinski definition) is 5. The fraction of sp³-hybridized carbons (Fsp3) is 0.727. The summed E-state index contributed by atoms with van der Waals surface area (Å²) in [4.78, 5) is 7.69. The van der Waals surface area contributed by atoms with Crippen LogP contribution >= 0.6 is 11.3 Å². The normalized spacial score (nSPS) is 20.1. The van der Waals surface area contributed by atoms with Crippen LogP contribution in [-0.4, -0.2) is 35.4 Å². The zero-order valence-corrected chi connectivity index (χ0v) is 10.8. The number of thiazole rings is 1. The molecule has 2 rings (SSSR count). The summed E-state index contributed by atoms with van der Waals surface area (Å²) in [6.07, 6.45) is 0. The van der Waals surface area contributed by atoms with Gasteiger partial charge in [0.2, 0.25) is 0 Å². The van der Waals surface area contributed by atoms with Crippen LogP contribution in [0.3, 0.4) is 0 Å². The van der Waals surface area contributed by atoms with Crippen LogP contribution in [0.25, 0.3) is 0 Å². The van der Waals surface area contributed by atoms with Crippen molar-refractivity contribution in [1.29, 1.82) is 0 Å². The number of hydrogen-bond donors (Lipinski definition) is 1. The van der Waals surface area contributed by atoms with Crippen LogP contribution in [0.15, 0.2) is 0 Å². The van der Waals surface area contributed by atoms with Crippen molar-refractivity contribution in [3.8, 4) is 0 Å². The molecule has 1 aromatic rings. The molecule has 2 heterocycles. The van der Waals surface area contributed by atoms with Gasteiger partial charge < -0.3 is 14.7 Å². The number of nitrogens with zero attached hydrogens (tertiary/aromatic N) is 2. The van der Waals surface area contributed by atoms with Crippen molar-refractivity contribution < 1.29 is 9.84 Å². The Morgan fingerprint density at radius 3 is 2.88 bits per heavy atom. The number of aliphatic hydroxyl groups is 1. The molecule has 0 amide bonds. The van der Waals surface area contributed by atoms with Crippen LogP contribution in [0, 0.1) is 6.92 Å². The predicted octanol–water partition coefficient (Wildman–Crippen LogP) is 1.56. The maximum atomic E-state index is 9.16. The van der Waals surface area contributed by atoms with Crippen molar-refractivity contribution >= 4 is 16.5 Å². The fourth-order valence-electron chi connectivity index (χ4n) is 1.87. The summed E-state index contributed by atoms with van der Waals surface area (Å²) in [6, 6.07) is 0. The molecule has 1 N–H and O–H groups in total. The van der Waals surface area contributed by atoms with Gasteiger partial charge in [0.05, 0.1) is 29.4 Å². The zero-order valence-electron chi connectivity index (χ0n) is 9.99. The van der Waals surface area contributed by atoms with Gasteiger partial charge >= 0.3 is 0 Å². The monoisotopic (exact) mass is 242 g/mol. The van der Waals surface area contributed by atoms with Crippen molar-refractivity contribution in [2.24, 2.45) is 0 Å². The average Bonchev–Trinajstić information content (AvgIpc) is 2.58. The van der Waals surface area contributed by atoms with Gasteiger partial charge in [0.25, 0.3) is 0 Å². The molecule has 1 aliphatic heterocycles. The lowest BCUT2D eigenvalue weighted by Crippen LogP contribution is -2.48. The third kappa shape index (κ3) is 2.36. The van der Waals surface area contributed by atoms with Crippen LogP contribution in [-0.2, 0) is 11.3 Å². The summed E-state index contributed by atoms with van der Waals surface area (Å²) < 4.78 is 5.67. The first-order valence-electron chi connectivity index (χ1n) is 5.48. The molecule has 0 atom stereocenters. The second-order valence-electron chi connectivity index (χ2n) is 4.69. The van der Waals surface area contributed by atoms with Crippen molar-refractivity contribution in [2.75, 3.05) is 24.6 Å². The highest BCUT2D eigenvalue weighted by Crippen LogP contribution is 2.29. The van der Waals surface area contributed by atoms with E-state index in [0.29, 0.717) is 0 Å². The van der Waals surface area contributed by atoms with Gasteiger partial charge in [-0.15, -0.1) is 0 Å². The first-order valence-corrected chi connectivity index (χ1v) is 6.29. The number of ether oxygens (including phenoxy) is 1. The molecule has 16 heavy (non-hydrogen) atoms. The molecule has 4 nitrogen and oxygen atoms in total. The van der Waals surface area contributed by atoms with E-state index in [1.165, 1.54) is 0 Å². The second kappa shape index (κ2) is 4.31. The summed E-state index contributed by atoms with van der Waals surface area (Å²) in [7, 11) is 0. The summed E-state index contributed by atoms with van der Waals surface area (Å²) >= 11 is 1.58. The van der Waals surface area contributed by atoms with E-state index >= 15 is 0 Å². The Bertz CT molecular complexity index is 376. The van der Waals surface area contributed by atoms with E-state index in [1.54, 1.807) is 11.3 Å². The van der Waals surface area contributed by atoms with E-state index in [1.807, 2.05) is 6.92 Å². The standard InChI is InChI=1S/C11H18N2O2S/c1-8-9(6-14)16-10(12-8)13-4-5-15-11(2,3)7-13/h14H,4-7H2,1-3H3. The smallest absolute Gasteiger partial charge is 0.186 e. The molecule has 1 fully saturated rings. The highest BCUT2D eigenvalue weighted by Gasteiger charge is 2.28. The molecular formula is C11H18N2O2S. The van der Waals surface area contributed by atoms with Crippen molar-refractivity contribution in [2.45, 2.75) is 33.0 Å². The Labute approximate surface area is 99.9 Å². The Balaban J connectivity index is 2.17. The molecule has 5 heteroatoms. The molecule has 1 aliphatic rings. The van der Waals surface area contributed by atoms with Gasteiger partial charge in [0.15, 0.2) is 5.13 Å². The minimum atomic E-state index is -0.114. The number of anilines is 1. The lowest BCUT2D eigenvalue weighted by atomic mass is 10.1. The highest BCUT2D eigenvalue weighted by molar-refractivity contribution is 7.15. The summed E-state index contributed by atoms with van der Waals surface area (Å²) in [5, 5.41) is 10.2. The molecule has 0 saturated carbocycles. The first kappa shape index (κ1) is 11.8.